The van der Waals surface area contributed by atoms with Gasteiger partial charge in [-0.25, -0.2) is 19.9 Å². The van der Waals surface area contributed by atoms with Gasteiger partial charge in [-0.05, 0) is 42.5 Å². The molecular weight excluding hydrogens is 556 g/mol. The number of pyridine rings is 3. The Balaban J connectivity index is 1.21. The van der Waals surface area contributed by atoms with Crippen molar-refractivity contribution in [3.63, 3.8) is 0 Å². The molecule has 45 heavy (non-hydrogen) atoms. The summed E-state index contributed by atoms with van der Waals surface area (Å²) in [7, 11) is 0. The third-order valence-corrected chi connectivity index (χ3v) is 8.14. The predicted molar refractivity (Wildman–Crippen MR) is 177 cm³/mol. The molecular formula is C38H22N6O. The summed E-state index contributed by atoms with van der Waals surface area (Å²) in [5, 5.41) is 5.37. The molecule has 7 nitrogen and oxygen atoms in total. The van der Waals surface area contributed by atoms with Gasteiger partial charge < -0.3 is 4.42 Å². The van der Waals surface area contributed by atoms with Crippen molar-refractivity contribution in [3.05, 3.63) is 134 Å². The molecule has 210 valence electrons. The van der Waals surface area contributed by atoms with Gasteiger partial charge in [0, 0.05) is 74.0 Å². The van der Waals surface area contributed by atoms with E-state index in [0.29, 0.717) is 17.5 Å². The molecule has 0 saturated carbocycles. The van der Waals surface area contributed by atoms with Gasteiger partial charge in [-0.3, -0.25) is 9.97 Å². The number of aromatic nitrogens is 6. The zero-order valence-electron chi connectivity index (χ0n) is 23.8. The first-order valence-corrected chi connectivity index (χ1v) is 14.6. The lowest BCUT2D eigenvalue weighted by atomic mass is 9.97. The van der Waals surface area contributed by atoms with E-state index in [9.17, 15) is 0 Å². The number of benzene rings is 4. The second-order valence-electron chi connectivity index (χ2n) is 10.8. The van der Waals surface area contributed by atoms with E-state index in [1.807, 2.05) is 60.7 Å². The van der Waals surface area contributed by atoms with Gasteiger partial charge in [0.25, 0.3) is 0 Å². The molecule has 0 fully saturated rings. The van der Waals surface area contributed by atoms with Gasteiger partial charge in [0.2, 0.25) is 0 Å². The van der Waals surface area contributed by atoms with E-state index >= 15 is 0 Å². The summed E-state index contributed by atoms with van der Waals surface area (Å²) in [6.07, 6.45) is 6.94. The lowest BCUT2D eigenvalue weighted by Gasteiger charge is -2.12. The number of rotatable bonds is 4. The molecule has 0 unspecified atom stereocenters. The van der Waals surface area contributed by atoms with Crippen molar-refractivity contribution in [2.45, 2.75) is 0 Å². The van der Waals surface area contributed by atoms with Crippen LogP contribution in [0.2, 0.25) is 0 Å². The summed E-state index contributed by atoms with van der Waals surface area (Å²) in [5.41, 5.74) is 7.15. The van der Waals surface area contributed by atoms with Crippen LogP contribution < -0.4 is 0 Å². The van der Waals surface area contributed by atoms with E-state index < -0.39 is 0 Å². The largest absolute Gasteiger partial charge is 0.455 e. The Kier molecular flexibility index (Phi) is 5.67. The molecule has 9 rings (SSSR count). The van der Waals surface area contributed by atoms with Crippen LogP contribution in [0.5, 0.6) is 0 Å². The summed E-state index contributed by atoms with van der Waals surface area (Å²) in [4.78, 5) is 27.9. The lowest BCUT2D eigenvalue weighted by molar-refractivity contribution is 0.673. The van der Waals surface area contributed by atoms with Crippen molar-refractivity contribution in [2.75, 3.05) is 0 Å². The van der Waals surface area contributed by atoms with Crippen LogP contribution >= 0.6 is 0 Å². The van der Waals surface area contributed by atoms with Crippen molar-refractivity contribution in [1.29, 1.82) is 0 Å². The SMILES string of the molecule is c1ccc2c(c1)nc(-c1ccc(-c3nc(-c4ccncc4)nc(-c4ccncc4)n3)cc1)c1ccc3c4ccccc4oc3c12. The third kappa shape index (κ3) is 4.21. The molecule has 9 aromatic rings. The van der Waals surface area contributed by atoms with Crippen molar-refractivity contribution in [2.24, 2.45) is 0 Å². The molecule has 5 heterocycles. The fourth-order valence-electron chi connectivity index (χ4n) is 5.98. The first kappa shape index (κ1) is 25.2. The highest BCUT2D eigenvalue weighted by molar-refractivity contribution is 6.24. The molecule has 0 amide bonds. The highest BCUT2D eigenvalue weighted by atomic mass is 16.3. The summed E-state index contributed by atoms with van der Waals surface area (Å²) in [6.45, 7) is 0. The number of hydrogen-bond donors (Lipinski definition) is 0. The Bertz CT molecular complexity index is 2470. The van der Waals surface area contributed by atoms with E-state index in [4.69, 9.17) is 24.4 Å². The van der Waals surface area contributed by atoms with E-state index in [1.165, 1.54) is 0 Å². The van der Waals surface area contributed by atoms with Crippen LogP contribution in [0.25, 0.3) is 89.0 Å². The van der Waals surface area contributed by atoms with Crippen LogP contribution in [-0.2, 0) is 0 Å². The standard InChI is InChI=1S/C38H22N6O/c1-3-7-31-29(6-1)33-30(14-13-28-27-5-2-4-8-32(27)45-35(28)33)34(41-31)23-9-11-24(12-10-23)36-42-37(25-15-19-39-20-16-25)44-38(43-36)26-17-21-40-22-18-26/h1-22H. The quantitative estimate of drug-likeness (QED) is 0.193. The number of hydrogen-bond acceptors (Lipinski definition) is 7. The summed E-state index contributed by atoms with van der Waals surface area (Å²) in [5.74, 6) is 1.74. The van der Waals surface area contributed by atoms with E-state index in [1.54, 1.807) is 24.8 Å². The van der Waals surface area contributed by atoms with Crippen molar-refractivity contribution in [1.82, 2.24) is 29.9 Å². The second-order valence-corrected chi connectivity index (χ2v) is 10.8. The minimum Gasteiger partial charge on any atom is -0.455 e. The first-order valence-electron chi connectivity index (χ1n) is 14.6. The molecule has 0 saturated heterocycles. The molecule has 0 aliphatic carbocycles. The molecule has 0 atom stereocenters. The Hall–Kier alpha value is -6.34. The molecule has 0 aliphatic heterocycles. The van der Waals surface area contributed by atoms with Crippen molar-refractivity contribution >= 4 is 43.6 Å². The van der Waals surface area contributed by atoms with E-state index in [0.717, 1.165) is 71.6 Å². The maximum Gasteiger partial charge on any atom is 0.164 e. The second kappa shape index (κ2) is 10.1. The van der Waals surface area contributed by atoms with Gasteiger partial charge in [-0.15, -0.1) is 0 Å². The average Bonchev–Trinajstić information content (AvgIpc) is 3.51. The van der Waals surface area contributed by atoms with Crippen LogP contribution in [0.3, 0.4) is 0 Å². The van der Waals surface area contributed by atoms with Crippen LogP contribution in [0.4, 0.5) is 0 Å². The van der Waals surface area contributed by atoms with Crippen molar-refractivity contribution < 1.29 is 4.42 Å². The highest BCUT2D eigenvalue weighted by Gasteiger charge is 2.18. The van der Waals surface area contributed by atoms with Crippen LogP contribution in [0.1, 0.15) is 0 Å². The van der Waals surface area contributed by atoms with E-state index in [-0.39, 0.29) is 0 Å². The molecule has 5 aromatic heterocycles. The van der Waals surface area contributed by atoms with E-state index in [2.05, 4.69) is 58.5 Å². The van der Waals surface area contributed by atoms with Crippen LogP contribution in [0, 0.1) is 0 Å². The highest BCUT2D eigenvalue weighted by Crippen LogP contribution is 2.40. The topological polar surface area (TPSA) is 90.5 Å². The zero-order valence-corrected chi connectivity index (χ0v) is 23.8. The molecule has 4 aromatic carbocycles. The molecule has 0 bridgehead atoms. The Morgan fingerprint density at radius 2 is 0.933 bits per heavy atom. The smallest absolute Gasteiger partial charge is 0.164 e. The number of nitrogens with zero attached hydrogens (tertiary/aromatic N) is 6. The third-order valence-electron chi connectivity index (χ3n) is 8.14. The molecule has 0 spiro atoms. The van der Waals surface area contributed by atoms with Crippen LogP contribution in [0.15, 0.2) is 138 Å². The molecule has 7 heteroatoms. The Morgan fingerprint density at radius 1 is 0.400 bits per heavy atom. The summed E-state index contributed by atoms with van der Waals surface area (Å²) < 4.78 is 6.48. The number of furan rings is 1. The summed E-state index contributed by atoms with van der Waals surface area (Å²) in [6, 6.07) is 36.6. The van der Waals surface area contributed by atoms with Gasteiger partial charge in [0.1, 0.15) is 11.2 Å². The maximum atomic E-state index is 6.48. The minimum atomic E-state index is 0.579. The van der Waals surface area contributed by atoms with Gasteiger partial charge in [-0.2, -0.15) is 0 Å². The first-order chi connectivity index (χ1) is 22.3. The normalized spacial score (nSPS) is 11.6. The monoisotopic (exact) mass is 578 g/mol. The average molecular weight is 579 g/mol. The summed E-state index contributed by atoms with van der Waals surface area (Å²) >= 11 is 0. The lowest BCUT2D eigenvalue weighted by Crippen LogP contribution is -2.00. The fourth-order valence-corrected chi connectivity index (χ4v) is 5.98. The molecule has 0 N–H and O–H groups in total. The minimum absolute atomic E-state index is 0.579. The van der Waals surface area contributed by atoms with Crippen molar-refractivity contribution in [3.8, 4) is 45.4 Å². The van der Waals surface area contributed by atoms with Crippen LogP contribution in [-0.4, -0.2) is 29.9 Å². The van der Waals surface area contributed by atoms with Gasteiger partial charge >= 0.3 is 0 Å². The number of fused-ring (bicyclic) bond motifs is 7. The Labute approximate surface area is 256 Å². The fraction of sp³-hybridized carbons (Fsp3) is 0. The van der Waals surface area contributed by atoms with Gasteiger partial charge in [-0.1, -0.05) is 66.7 Å². The van der Waals surface area contributed by atoms with Gasteiger partial charge in [0.05, 0.1) is 11.2 Å². The zero-order chi connectivity index (χ0) is 29.7. The van der Waals surface area contributed by atoms with Gasteiger partial charge in [0.15, 0.2) is 17.5 Å². The predicted octanol–water partition coefficient (Wildman–Crippen LogP) is 8.93. The molecule has 0 radical (unpaired) electrons. The molecule has 0 aliphatic rings. The number of para-hydroxylation sites is 2. The Morgan fingerprint density at radius 3 is 1.60 bits per heavy atom. The maximum absolute atomic E-state index is 6.48.